The van der Waals surface area contributed by atoms with Crippen LogP contribution in [0.4, 0.5) is 0 Å². The predicted molar refractivity (Wildman–Crippen MR) is 52.6 cm³/mol. The highest BCUT2D eigenvalue weighted by Crippen LogP contribution is 2.11. The Morgan fingerprint density at radius 2 is 2.46 bits per heavy atom. The zero-order valence-electron chi connectivity index (χ0n) is 7.59. The van der Waals surface area contributed by atoms with Crippen molar-refractivity contribution in [1.82, 2.24) is 0 Å². The minimum absolute atomic E-state index is 0.371. The Morgan fingerprint density at radius 3 is 3.00 bits per heavy atom. The molecule has 2 nitrogen and oxygen atoms in total. The molecular formula is C10H10O2S. The van der Waals surface area contributed by atoms with Crippen LogP contribution in [0.2, 0.25) is 0 Å². The maximum Gasteiger partial charge on any atom is 0.384 e. The number of thiophene rings is 1. The van der Waals surface area contributed by atoms with E-state index in [4.69, 9.17) is 0 Å². The van der Waals surface area contributed by atoms with Gasteiger partial charge in [-0.1, -0.05) is 5.92 Å². The molecule has 0 aliphatic heterocycles. The Labute approximate surface area is 81.5 Å². The van der Waals surface area contributed by atoms with E-state index in [1.54, 1.807) is 18.3 Å². The lowest BCUT2D eigenvalue weighted by Gasteiger charge is -1.89. The molecule has 0 saturated heterocycles. The Morgan fingerprint density at radius 1 is 1.69 bits per heavy atom. The van der Waals surface area contributed by atoms with Crippen LogP contribution in [0.25, 0.3) is 0 Å². The highest BCUT2D eigenvalue weighted by molar-refractivity contribution is 7.10. The minimum atomic E-state index is -0.466. The molecule has 0 atom stereocenters. The molecule has 0 aliphatic carbocycles. The summed E-state index contributed by atoms with van der Waals surface area (Å²) in [6.07, 6.45) is 0. The second-order valence-corrected chi connectivity index (χ2v) is 3.53. The fourth-order valence-corrected chi connectivity index (χ4v) is 1.43. The largest absolute Gasteiger partial charge is 0.456 e. The van der Waals surface area contributed by atoms with Crippen molar-refractivity contribution in [2.24, 2.45) is 0 Å². The van der Waals surface area contributed by atoms with Crippen LogP contribution in [-0.2, 0) is 9.53 Å². The van der Waals surface area contributed by atoms with Crippen molar-refractivity contribution < 1.29 is 9.53 Å². The average Bonchev–Trinajstić information content (AvgIpc) is 2.49. The van der Waals surface area contributed by atoms with Crippen molar-refractivity contribution >= 4 is 17.3 Å². The first-order valence-electron chi connectivity index (χ1n) is 3.96. The van der Waals surface area contributed by atoms with Gasteiger partial charge in [-0.25, -0.2) is 4.79 Å². The number of hydrogen-bond acceptors (Lipinski definition) is 3. The first kappa shape index (κ1) is 9.82. The van der Waals surface area contributed by atoms with E-state index in [1.165, 1.54) is 4.88 Å². The molecule has 0 saturated carbocycles. The van der Waals surface area contributed by atoms with E-state index in [0.717, 1.165) is 5.56 Å². The van der Waals surface area contributed by atoms with Gasteiger partial charge in [0.05, 0.1) is 6.61 Å². The Kier molecular flexibility index (Phi) is 3.53. The van der Waals surface area contributed by atoms with Gasteiger partial charge in [0.1, 0.15) is 0 Å². The van der Waals surface area contributed by atoms with Gasteiger partial charge in [-0.2, -0.15) is 0 Å². The van der Waals surface area contributed by atoms with Crippen LogP contribution < -0.4 is 0 Å². The number of ether oxygens (including phenoxy) is 1. The van der Waals surface area contributed by atoms with Crippen LogP contribution in [0.5, 0.6) is 0 Å². The Hall–Kier alpha value is -1.27. The van der Waals surface area contributed by atoms with E-state index in [-0.39, 0.29) is 0 Å². The molecule has 1 rings (SSSR count). The molecule has 0 N–H and O–H groups in total. The lowest BCUT2D eigenvalue weighted by Crippen LogP contribution is -1.99. The topological polar surface area (TPSA) is 26.3 Å². The van der Waals surface area contributed by atoms with E-state index in [1.807, 2.05) is 18.4 Å². The SMILES string of the molecule is CCOC(=O)C#Cc1csc(C)c1. The Balaban J connectivity index is 2.62. The molecule has 1 aromatic heterocycles. The number of esters is 1. The normalized spacial score (nSPS) is 8.77. The van der Waals surface area contributed by atoms with E-state index >= 15 is 0 Å². The maximum absolute atomic E-state index is 10.8. The first-order valence-corrected chi connectivity index (χ1v) is 4.84. The lowest BCUT2D eigenvalue weighted by molar-refractivity contribution is -0.136. The summed E-state index contributed by atoms with van der Waals surface area (Å²) in [5, 5.41) is 1.92. The van der Waals surface area contributed by atoms with Crippen LogP contribution in [0.15, 0.2) is 11.4 Å². The molecule has 0 aromatic carbocycles. The summed E-state index contributed by atoms with van der Waals surface area (Å²) in [7, 11) is 0. The predicted octanol–water partition coefficient (Wildman–Crippen LogP) is 1.97. The molecule has 0 spiro atoms. The summed E-state index contributed by atoms with van der Waals surface area (Å²) in [5.74, 6) is 4.68. The first-order chi connectivity index (χ1) is 6.22. The lowest BCUT2D eigenvalue weighted by atomic mass is 10.3. The van der Waals surface area contributed by atoms with Gasteiger partial charge in [-0.15, -0.1) is 11.3 Å². The molecule has 1 aromatic rings. The van der Waals surface area contributed by atoms with Gasteiger partial charge in [0, 0.05) is 21.7 Å². The van der Waals surface area contributed by atoms with Gasteiger partial charge in [0.25, 0.3) is 0 Å². The van der Waals surface area contributed by atoms with Gasteiger partial charge in [-0.3, -0.25) is 0 Å². The summed E-state index contributed by atoms with van der Waals surface area (Å²) >= 11 is 1.61. The number of hydrogen-bond donors (Lipinski definition) is 0. The van der Waals surface area contributed by atoms with E-state index < -0.39 is 5.97 Å². The van der Waals surface area contributed by atoms with Crippen molar-refractivity contribution in [3.63, 3.8) is 0 Å². The van der Waals surface area contributed by atoms with Gasteiger partial charge >= 0.3 is 5.97 Å². The standard InChI is InChI=1S/C10H10O2S/c1-3-12-10(11)5-4-9-6-8(2)13-7-9/h6-7H,3H2,1-2H3. The van der Waals surface area contributed by atoms with Gasteiger partial charge < -0.3 is 4.74 Å². The molecule has 0 unspecified atom stereocenters. The minimum Gasteiger partial charge on any atom is -0.456 e. The van der Waals surface area contributed by atoms with E-state index in [2.05, 4.69) is 16.6 Å². The van der Waals surface area contributed by atoms with E-state index in [9.17, 15) is 4.79 Å². The second-order valence-electron chi connectivity index (χ2n) is 2.42. The number of carbonyl (C=O) groups excluding carboxylic acids is 1. The van der Waals surface area contributed by atoms with Gasteiger partial charge in [0.2, 0.25) is 0 Å². The molecular weight excluding hydrogens is 184 g/mol. The van der Waals surface area contributed by atoms with Gasteiger partial charge in [-0.05, 0) is 19.9 Å². The average molecular weight is 194 g/mol. The number of rotatable bonds is 1. The number of carbonyl (C=O) groups is 1. The zero-order valence-corrected chi connectivity index (χ0v) is 8.40. The smallest absolute Gasteiger partial charge is 0.384 e. The van der Waals surface area contributed by atoms with Crippen LogP contribution in [0.1, 0.15) is 17.4 Å². The fourth-order valence-electron chi connectivity index (χ4n) is 0.799. The van der Waals surface area contributed by atoms with Crippen molar-refractivity contribution in [3.05, 3.63) is 21.9 Å². The molecule has 1 heterocycles. The quantitative estimate of drug-likeness (QED) is 0.504. The molecule has 0 amide bonds. The van der Waals surface area contributed by atoms with Crippen molar-refractivity contribution in [2.75, 3.05) is 6.61 Å². The highest BCUT2D eigenvalue weighted by atomic mass is 32.1. The highest BCUT2D eigenvalue weighted by Gasteiger charge is 1.94. The van der Waals surface area contributed by atoms with Crippen molar-refractivity contribution in [3.8, 4) is 11.8 Å². The molecule has 0 bridgehead atoms. The summed E-state index contributed by atoms with van der Waals surface area (Å²) in [6.45, 7) is 4.13. The van der Waals surface area contributed by atoms with Crippen LogP contribution in [0, 0.1) is 18.8 Å². The molecule has 0 radical (unpaired) electrons. The van der Waals surface area contributed by atoms with Crippen molar-refractivity contribution in [1.29, 1.82) is 0 Å². The summed E-state index contributed by atoms with van der Waals surface area (Å²) < 4.78 is 4.66. The second kappa shape index (κ2) is 4.68. The molecule has 0 aliphatic rings. The zero-order chi connectivity index (χ0) is 9.68. The van der Waals surface area contributed by atoms with Crippen molar-refractivity contribution in [2.45, 2.75) is 13.8 Å². The molecule has 3 heteroatoms. The molecule has 68 valence electrons. The van der Waals surface area contributed by atoms with E-state index in [0.29, 0.717) is 6.61 Å². The third-order valence-electron chi connectivity index (χ3n) is 1.31. The maximum atomic E-state index is 10.8. The summed E-state index contributed by atoms with van der Waals surface area (Å²) in [6, 6.07) is 1.94. The number of aryl methyl sites for hydroxylation is 1. The Bertz CT molecular complexity index is 354. The van der Waals surface area contributed by atoms with Gasteiger partial charge in [0.15, 0.2) is 0 Å². The summed E-state index contributed by atoms with van der Waals surface area (Å²) in [4.78, 5) is 12.0. The third kappa shape index (κ3) is 3.30. The third-order valence-corrected chi connectivity index (χ3v) is 2.18. The van der Waals surface area contributed by atoms with Crippen LogP contribution in [-0.4, -0.2) is 12.6 Å². The fraction of sp³-hybridized carbons (Fsp3) is 0.300. The molecule has 13 heavy (non-hydrogen) atoms. The summed E-state index contributed by atoms with van der Waals surface area (Å²) in [5.41, 5.74) is 0.871. The molecule has 0 fully saturated rings. The van der Waals surface area contributed by atoms with Crippen LogP contribution >= 0.6 is 11.3 Å². The van der Waals surface area contributed by atoms with Crippen LogP contribution in [0.3, 0.4) is 0 Å². The monoisotopic (exact) mass is 194 g/mol.